The first-order valence-electron chi connectivity index (χ1n) is 9.12. The summed E-state index contributed by atoms with van der Waals surface area (Å²) < 4.78 is 0. The monoisotopic (exact) mass is 331 g/mol. The van der Waals surface area contributed by atoms with E-state index in [1.54, 1.807) is 0 Å². The second-order valence-corrected chi connectivity index (χ2v) is 6.97. The van der Waals surface area contributed by atoms with E-state index >= 15 is 0 Å². The Morgan fingerprint density at radius 2 is 1.83 bits per heavy atom. The standard InChI is InChI=1S/C20H29NO3/c1-16-9-8-10-17(15-16)20(12-5-6-13-20)19(24)21-14-7-3-2-4-11-18(22)23/h8-10,15H,2-7,11-14H2,1H3,(H,21,24)(H,22,23). The summed E-state index contributed by atoms with van der Waals surface area (Å²) in [6, 6.07) is 8.35. The molecule has 0 heterocycles. The van der Waals surface area contributed by atoms with E-state index in [4.69, 9.17) is 5.11 Å². The number of aryl methyl sites for hydroxylation is 1. The van der Waals surface area contributed by atoms with Gasteiger partial charge in [-0.25, -0.2) is 0 Å². The van der Waals surface area contributed by atoms with Crippen molar-refractivity contribution in [2.75, 3.05) is 6.54 Å². The summed E-state index contributed by atoms with van der Waals surface area (Å²) in [5.74, 6) is -0.569. The van der Waals surface area contributed by atoms with E-state index in [0.29, 0.717) is 6.54 Å². The van der Waals surface area contributed by atoms with E-state index in [-0.39, 0.29) is 17.7 Å². The number of carbonyl (C=O) groups excluding carboxylic acids is 1. The van der Waals surface area contributed by atoms with Gasteiger partial charge >= 0.3 is 5.97 Å². The lowest BCUT2D eigenvalue weighted by Gasteiger charge is -2.28. The van der Waals surface area contributed by atoms with Gasteiger partial charge in [-0.3, -0.25) is 9.59 Å². The number of aliphatic carboxylic acids is 1. The highest BCUT2D eigenvalue weighted by Gasteiger charge is 2.42. The van der Waals surface area contributed by atoms with Crippen LogP contribution in [-0.2, 0) is 15.0 Å². The van der Waals surface area contributed by atoms with Crippen molar-refractivity contribution in [3.8, 4) is 0 Å². The molecule has 0 aromatic heterocycles. The normalized spacial score (nSPS) is 16.0. The first kappa shape index (κ1) is 18.5. The van der Waals surface area contributed by atoms with Gasteiger partial charge in [-0.1, -0.05) is 55.5 Å². The summed E-state index contributed by atoms with van der Waals surface area (Å²) in [4.78, 5) is 23.3. The third kappa shape index (κ3) is 4.83. The second kappa shape index (κ2) is 8.86. The minimum absolute atomic E-state index is 0.163. The fourth-order valence-corrected chi connectivity index (χ4v) is 3.69. The molecule has 1 aliphatic carbocycles. The zero-order chi connectivity index (χ0) is 17.4. The fraction of sp³-hybridized carbons (Fsp3) is 0.600. The SMILES string of the molecule is Cc1cccc(C2(C(=O)NCCCCCCC(=O)O)CCCC2)c1. The molecule has 1 aromatic rings. The number of nitrogens with one attached hydrogen (secondary N) is 1. The van der Waals surface area contributed by atoms with E-state index in [2.05, 4.69) is 30.4 Å². The highest BCUT2D eigenvalue weighted by atomic mass is 16.4. The topological polar surface area (TPSA) is 66.4 Å². The molecule has 1 saturated carbocycles. The Morgan fingerprint density at radius 1 is 1.12 bits per heavy atom. The Balaban J connectivity index is 1.83. The average Bonchev–Trinajstić information content (AvgIpc) is 3.04. The minimum Gasteiger partial charge on any atom is -0.481 e. The number of carboxylic acid groups (broad SMARTS) is 1. The number of benzene rings is 1. The maximum absolute atomic E-state index is 12.9. The van der Waals surface area contributed by atoms with Gasteiger partial charge in [0.05, 0.1) is 5.41 Å². The first-order valence-corrected chi connectivity index (χ1v) is 9.12. The number of carboxylic acids is 1. The lowest BCUT2D eigenvalue weighted by molar-refractivity contribution is -0.137. The van der Waals surface area contributed by atoms with Crippen LogP contribution in [0.25, 0.3) is 0 Å². The van der Waals surface area contributed by atoms with E-state index < -0.39 is 5.97 Å². The summed E-state index contributed by atoms with van der Waals surface area (Å²) in [7, 11) is 0. The van der Waals surface area contributed by atoms with Gasteiger partial charge in [0.2, 0.25) is 5.91 Å². The van der Waals surface area contributed by atoms with Crippen LogP contribution in [0, 0.1) is 6.92 Å². The molecule has 132 valence electrons. The van der Waals surface area contributed by atoms with E-state index in [1.165, 1.54) is 5.56 Å². The minimum atomic E-state index is -0.732. The lowest BCUT2D eigenvalue weighted by Crippen LogP contribution is -2.43. The number of amides is 1. The molecule has 0 radical (unpaired) electrons. The fourth-order valence-electron chi connectivity index (χ4n) is 3.69. The predicted molar refractivity (Wildman–Crippen MR) is 95.1 cm³/mol. The predicted octanol–water partition coefficient (Wildman–Crippen LogP) is 3.96. The van der Waals surface area contributed by atoms with Crippen LogP contribution >= 0.6 is 0 Å². The molecule has 4 heteroatoms. The summed E-state index contributed by atoms with van der Waals surface area (Å²) >= 11 is 0. The van der Waals surface area contributed by atoms with Crippen LogP contribution in [0.2, 0.25) is 0 Å². The number of hydrogen-bond acceptors (Lipinski definition) is 2. The van der Waals surface area contributed by atoms with Crippen molar-refractivity contribution in [2.24, 2.45) is 0 Å². The molecule has 0 atom stereocenters. The van der Waals surface area contributed by atoms with Gasteiger partial charge in [-0.15, -0.1) is 0 Å². The molecule has 2 N–H and O–H groups in total. The van der Waals surface area contributed by atoms with E-state index in [1.807, 2.05) is 6.07 Å². The Labute approximate surface area is 144 Å². The smallest absolute Gasteiger partial charge is 0.303 e. The van der Waals surface area contributed by atoms with Gasteiger partial charge in [0, 0.05) is 13.0 Å². The van der Waals surface area contributed by atoms with Crippen LogP contribution in [0.15, 0.2) is 24.3 Å². The van der Waals surface area contributed by atoms with E-state index in [9.17, 15) is 9.59 Å². The molecule has 0 spiro atoms. The lowest BCUT2D eigenvalue weighted by atomic mass is 9.77. The van der Waals surface area contributed by atoms with Crippen LogP contribution in [0.1, 0.15) is 68.9 Å². The molecular weight excluding hydrogens is 302 g/mol. The Morgan fingerprint density at radius 3 is 2.50 bits per heavy atom. The summed E-state index contributed by atoms with van der Waals surface area (Å²) in [6.45, 7) is 2.75. The quantitative estimate of drug-likeness (QED) is 0.673. The first-order chi connectivity index (χ1) is 11.5. The highest BCUT2D eigenvalue weighted by molar-refractivity contribution is 5.88. The van der Waals surface area contributed by atoms with Gasteiger partial charge in [0.1, 0.15) is 0 Å². The van der Waals surface area contributed by atoms with Crippen molar-refractivity contribution in [1.29, 1.82) is 0 Å². The van der Waals surface area contributed by atoms with Crippen molar-refractivity contribution < 1.29 is 14.7 Å². The number of unbranched alkanes of at least 4 members (excludes halogenated alkanes) is 3. The van der Waals surface area contributed by atoms with Crippen LogP contribution < -0.4 is 5.32 Å². The Hall–Kier alpha value is -1.84. The molecule has 1 amide bonds. The molecular formula is C20H29NO3. The Kier molecular flexibility index (Phi) is 6.83. The van der Waals surface area contributed by atoms with Gasteiger partial charge in [0.15, 0.2) is 0 Å². The third-order valence-corrected chi connectivity index (χ3v) is 5.07. The Bertz CT molecular complexity index is 562. The van der Waals surface area contributed by atoms with Crippen molar-refractivity contribution in [3.63, 3.8) is 0 Å². The number of hydrogen-bond donors (Lipinski definition) is 2. The highest BCUT2D eigenvalue weighted by Crippen LogP contribution is 2.41. The van der Waals surface area contributed by atoms with Crippen molar-refractivity contribution >= 4 is 11.9 Å². The molecule has 1 aliphatic rings. The van der Waals surface area contributed by atoms with Crippen LogP contribution in [0.3, 0.4) is 0 Å². The largest absolute Gasteiger partial charge is 0.481 e. The maximum Gasteiger partial charge on any atom is 0.303 e. The second-order valence-electron chi connectivity index (χ2n) is 6.97. The van der Waals surface area contributed by atoms with Gasteiger partial charge in [0.25, 0.3) is 0 Å². The van der Waals surface area contributed by atoms with Gasteiger partial charge in [-0.2, -0.15) is 0 Å². The molecule has 0 saturated heterocycles. The summed E-state index contributed by atoms with van der Waals surface area (Å²) in [5.41, 5.74) is 2.00. The summed E-state index contributed by atoms with van der Waals surface area (Å²) in [6.07, 6.45) is 7.82. The third-order valence-electron chi connectivity index (χ3n) is 5.07. The van der Waals surface area contributed by atoms with Crippen molar-refractivity contribution in [1.82, 2.24) is 5.32 Å². The zero-order valence-corrected chi connectivity index (χ0v) is 14.6. The molecule has 1 fully saturated rings. The van der Waals surface area contributed by atoms with E-state index in [0.717, 1.165) is 56.9 Å². The van der Waals surface area contributed by atoms with Crippen LogP contribution in [-0.4, -0.2) is 23.5 Å². The maximum atomic E-state index is 12.9. The number of carbonyl (C=O) groups is 2. The van der Waals surface area contributed by atoms with Crippen LogP contribution in [0.5, 0.6) is 0 Å². The molecule has 24 heavy (non-hydrogen) atoms. The van der Waals surface area contributed by atoms with Crippen molar-refractivity contribution in [2.45, 2.75) is 70.1 Å². The molecule has 1 aromatic carbocycles. The van der Waals surface area contributed by atoms with Crippen molar-refractivity contribution in [3.05, 3.63) is 35.4 Å². The molecule has 2 rings (SSSR count). The molecule has 0 bridgehead atoms. The number of rotatable bonds is 9. The summed E-state index contributed by atoms with van der Waals surface area (Å²) in [5, 5.41) is 11.7. The average molecular weight is 331 g/mol. The zero-order valence-electron chi connectivity index (χ0n) is 14.6. The molecule has 0 aliphatic heterocycles. The van der Waals surface area contributed by atoms with Crippen LogP contribution in [0.4, 0.5) is 0 Å². The molecule has 0 unspecified atom stereocenters. The molecule has 4 nitrogen and oxygen atoms in total. The van der Waals surface area contributed by atoms with Gasteiger partial charge < -0.3 is 10.4 Å². The van der Waals surface area contributed by atoms with Gasteiger partial charge in [-0.05, 0) is 38.2 Å².